The van der Waals surface area contributed by atoms with Crippen LogP contribution in [0.1, 0.15) is 17.3 Å². The van der Waals surface area contributed by atoms with Crippen LogP contribution in [0.2, 0.25) is 0 Å². The van der Waals surface area contributed by atoms with Crippen molar-refractivity contribution >= 4 is 28.4 Å². The number of carbonyl (C=O) groups excluding carboxylic acids is 2. The van der Waals surface area contributed by atoms with Crippen LogP contribution < -0.4 is 10.1 Å². The number of hydrogen-bond acceptors (Lipinski definition) is 5. The largest absolute Gasteiger partial charge is 0.573 e. The number of hydrogen-bond donors (Lipinski definition) is 1. The van der Waals surface area contributed by atoms with Crippen LogP contribution >= 0.6 is 0 Å². The Morgan fingerprint density at radius 1 is 1.07 bits per heavy atom. The van der Waals surface area contributed by atoms with Gasteiger partial charge in [0.15, 0.2) is 6.61 Å². The van der Waals surface area contributed by atoms with Crippen LogP contribution in [0.25, 0.3) is 0 Å². The Labute approximate surface area is 161 Å². The van der Waals surface area contributed by atoms with Gasteiger partial charge in [-0.2, -0.15) is 0 Å². The lowest BCUT2D eigenvalue weighted by atomic mass is 10.2. The number of anilines is 1. The summed E-state index contributed by atoms with van der Waals surface area (Å²) in [6, 6.07) is 10.7. The van der Waals surface area contributed by atoms with Crippen molar-refractivity contribution in [2.75, 3.05) is 17.7 Å². The van der Waals surface area contributed by atoms with E-state index in [1.54, 1.807) is 25.1 Å². The highest BCUT2D eigenvalue weighted by Gasteiger charge is 2.31. The highest BCUT2D eigenvalue weighted by molar-refractivity contribution is 7.85. The molecular formula is C18H16F3NO5S. The van der Waals surface area contributed by atoms with Crippen LogP contribution in [0.5, 0.6) is 5.75 Å². The highest BCUT2D eigenvalue weighted by atomic mass is 32.2. The maximum Gasteiger partial charge on any atom is 0.573 e. The van der Waals surface area contributed by atoms with Crippen molar-refractivity contribution in [1.29, 1.82) is 0 Å². The molecule has 6 nitrogen and oxygen atoms in total. The number of rotatable bonds is 7. The van der Waals surface area contributed by atoms with Gasteiger partial charge in [0, 0.05) is 11.4 Å². The first-order valence-electron chi connectivity index (χ1n) is 8.00. The Hall–Kier alpha value is -2.88. The smallest absolute Gasteiger partial charge is 0.452 e. The highest BCUT2D eigenvalue weighted by Crippen LogP contribution is 2.24. The Morgan fingerprint density at radius 2 is 1.71 bits per heavy atom. The van der Waals surface area contributed by atoms with Gasteiger partial charge < -0.3 is 14.8 Å². The molecule has 2 rings (SSSR count). The lowest BCUT2D eigenvalue weighted by molar-refractivity contribution is -0.274. The van der Waals surface area contributed by atoms with Gasteiger partial charge in [-0.15, -0.1) is 13.2 Å². The van der Waals surface area contributed by atoms with Crippen LogP contribution in [-0.4, -0.2) is 34.8 Å². The zero-order chi connectivity index (χ0) is 20.7. The number of nitrogens with one attached hydrogen (secondary N) is 1. The van der Waals surface area contributed by atoms with Crippen LogP contribution in [0, 0.1) is 0 Å². The first kappa shape index (κ1) is 21.4. The predicted octanol–water partition coefficient (Wildman–Crippen LogP) is 3.51. The zero-order valence-electron chi connectivity index (χ0n) is 14.6. The van der Waals surface area contributed by atoms with E-state index in [0.717, 1.165) is 12.1 Å². The molecular weight excluding hydrogens is 399 g/mol. The molecule has 0 radical (unpaired) electrons. The van der Waals surface area contributed by atoms with E-state index in [1.165, 1.54) is 18.2 Å². The predicted molar refractivity (Wildman–Crippen MR) is 95.4 cm³/mol. The molecule has 0 bridgehead atoms. The van der Waals surface area contributed by atoms with Crippen LogP contribution in [0.15, 0.2) is 53.4 Å². The molecule has 0 aliphatic carbocycles. The number of ether oxygens (including phenoxy) is 2. The van der Waals surface area contributed by atoms with Crippen LogP contribution in [-0.2, 0) is 20.3 Å². The molecule has 150 valence electrons. The lowest BCUT2D eigenvalue weighted by Crippen LogP contribution is -2.21. The summed E-state index contributed by atoms with van der Waals surface area (Å²) in [5.74, 6) is -1.61. The number of benzene rings is 2. The van der Waals surface area contributed by atoms with Crippen molar-refractivity contribution in [3.63, 3.8) is 0 Å². The monoisotopic (exact) mass is 415 g/mol. The minimum absolute atomic E-state index is 0.101. The molecule has 0 saturated heterocycles. The topological polar surface area (TPSA) is 81.7 Å². The van der Waals surface area contributed by atoms with Crippen molar-refractivity contribution in [3.8, 4) is 5.75 Å². The molecule has 0 unspecified atom stereocenters. The Balaban J connectivity index is 1.92. The number of carbonyl (C=O) groups is 2. The summed E-state index contributed by atoms with van der Waals surface area (Å²) in [7, 11) is -1.37. The fraction of sp³-hybridized carbons (Fsp3) is 0.222. The van der Waals surface area contributed by atoms with Gasteiger partial charge >= 0.3 is 12.3 Å². The third kappa shape index (κ3) is 6.38. The van der Waals surface area contributed by atoms with Crippen molar-refractivity contribution in [2.45, 2.75) is 18.2 Å². The fourth-order valence-corrected chi connectivity index (χ4v) is 3.07. The molecule has 0 aromatic heterocycles. The molecule has 0 aliphatic heterocycles. The second-order valence-electron chi connectivity index (χ2n) is 5.33. The molecule has 0 spiro atoms. The number of amides is 1. The number of halogens is 3. The molecule has 1 N–H and O–H groups in total. The Morgan fingerprint density at radius 3 is 2.32 bits per heavy atom. The van der Waals surface area contributed by atoms with E-state index in [0.29, 0.717) is 10.6 Å². The zero-order valence-corrected chi connectivity index (χ0v) is 15.4. The summed E-state index contributed by atoms with van der Waals surface area (Å²) in [6.45, 7) is 1.09. The van der Waals surface area contributed by atoms with Crippen LogP contribution in [0.3, 0.4) is 0 Å². The molecule has 28 heavy (non-hydrogen) atoms. The third-order valence-corrected chi connectivity index (χ3v) is 4.69. The second kappa shape index (κ2) is 9.36. The Kier molecular flexibility index (Phi) is 7.16. The maximum absolute atomic E-state index is 12.2. The van der Waals surface area contributed by atoms with Crippen molar-refractivity contribution in [2.24, 2.45) is 0 Å². The molecule has 1 amide bonds. The average molecular weight is 415 g/mol. The average Bonchev–Trinajstić information content (AvgIpc) is 2.66. The van der Waals surface area contributed by atoms with Gasteiger partial charge in [-0.25, -0.2) is 4.79 Å². The summed E-state index contributed by atoms with van der Waals surface area (Å²) < 4.78 is 57.0. The molecule has 0 aliphatic rings. The van der Waals surface area contributed by atoms with Crippen molar-refractivity contribution < 1.29 is 36.4 Å². The minimum atomic E-state index is -4.81. The van der Waals surface area contributed by atoms with Gasteiger partial charge in [-0.05, 0) is 36.4 Å². The van der Waals surface area contributed by atoms with Gasteiger partial charge in [0.25, 0.3) is 5.91 Å². The van der Waals surface area contributed by atoms with Crippen molar-refractivity contribution in [3.05, 3.63) is 54.1 Å². The van der Waals surface area contributed by atoms with Gasteiger partial charge in [0.1, 0.15) is 5.75 Å². The summed E-state index contributed by atoms with van der Waals surface area (Å²) in [5, 5.41) is 2.37. The van der Waals surface area contributed by atoms with E-state index >= 15 is 0 Å². The molecule has 2 aromatic rings. The SMILES string of the molecule is CC[S@@](=O)c1ccccc1C(=O)OCC(=O)Nc1ccc(OC(F)(F)F)cc1. The van der Waals surface area contributed by atoms with Crippen molar-refractivity contribution in [1.82, 2.24) is 0 Å². The summed E-state index contributed by atoms with van der Waals surface area (Å²) in [5.41, 5.74) is 0.298. The van der Waals surface area contributed by atoms with Gasteiger partial charge in [-0.1, -0.05) is 19.1 Å². The first-order valence-corrected chi connectivity index (χ1v) is 9.31. The minimum Gasteiger partial charge on any atom is -0.452 e. The van der Waals surface area contributed by atoms with Crippen LogP contribution in [0.4, 0.5) is 18.9 Å². The number of esters is 1. The van der Waals surface area contributed by atoms with E-state index in [9.17, 15) is 27.0 Å². The standard InChI is InChI=1S/C18H16F3NO5S/c1-2-28(25)15-6-4-3-5-14(15)17(24)26-11-16(23)22-12-7-9-13(10-8-12)27-18(19,20)21/h3-10H,2,11H2,1H3,(H,22,23)/t28-/m1/s1. The van der Waals surface area contributed by atoms with Gasteiger partial charge in [-0.3, -0.25) is 9.00 Å². The van der Waals surface area contributed by atoms with E-state index in [-0.39, 0.29) is 11.3 Å². The van der Waals surface area contributed by atoms with E-state index in [4.69, 9.17) is 4.74 Å². The van der Waals surface area contributed by atoms with E-state index < -0.39 is 41.4 Å². The summed E-state index contributed by atoms with van der Waals surface area (Å²) in [4.78, 5) is 24.4. The normalized spacial score (nSPS) is 12.1. The molecule has 2 aromatic carbocycles. The molecule has 1 atom stereocenters. The third-order valence-electron chi connectivity index (χ3n) is 3.32. The summed E-state index contributed by atoms with van der Waals surface area (Å²) >= 11 is 0. The summed E-state index contributed by atoms with van der Waals surface area (Å²) in [6.07, 6.45) is -4.81. The second-order valence-corrected chi connectivity index (χ2v) is 7.04. The van der Waals surface area contributed by atoms with E-state index in [2.05, 4.69) is 10.1 Å². The molecule has 0 heterocycles. The lowest BCUT2D eigenvalue weighted by Gasteiger charge is -2.11. The Bertz CT molecular complexity index is 868. The molecule has 0 saturated carbocycles. The quantitative estimate of drug-likeness (QED) is 0.700. The van der Waals surface area contributed by atoms with E-state index in [1.807, 2.05) is 0 Å². The molecule has 0 fully saturated rings. The fourth-order valence-electron chi connectivity index (χ4n) is 2.14. The molecule has 10 heteroatoms. The van der Waals surface area contributed by atoms with Gasteiger partial charge in [0.05, 0.1) is 21.3 Å². The first-order chi connectivity index (χ1) is 13.2. The van der Waals surface area contributed by atoms with Gasteiger partial charge in [0.2, 0.25) is 0 Å². The number of alkyl halides is 3. The maximum atomic E-state index is 12.2.